The first kappa shape index (κ1) is 18.3. The molecule has 0 saturated carbocycles. The van der Waals surface area contributed by atoms with E-state index in [-0.39, 0.29) is 12.6 Å². The highest BCUT2D eigenvalue weighted by Gasteiger charge is 2.09. The maximum absolute atomic E-state index is 9.29. The molecule has 0 heterocycles. The van der Waals surface area contributed by atoms with Crippen molar-refractivity contribution in [2.75, 3.05) is 6.61 Å². The molecule has 0 aliphatic carbocycles. The van der Waals surface area contributed by atoms with Gasteiger partial charge < -0.3 is 15.2 Å². The van der Waals surface area contributed by atoms with E-state index in [1.807, 2.05) is 49.4 Å². The Hall–Kier alpha value is -1.07. The van der Waals surface area contributed by atoms with Crippen molar-refractivity contribution in [1.29, 1.82) is 0 Å². The van der Waals surface area contributed by atoms with Crippen molar-refractivity contribution in [2.24, 2.45) is 0 Å². The quantitative estimate of drug-likeness (QED) is 0.686. The summed E-state index contributed by atoms with van der Waals surface area (Å²) in [7, 11) is 0. The minimum atomic E-state index is 0.0924. The standard InChI is InChI=1S/C18H21BrClNO2/c1-2-17(11-22)21-10-14-9-15(19)6-7-18(14)23-12-13-4-3-5-16(20)8-13/h3-9,17,21-22H,2,10-12H2,1H3. The fourth-order valence-corrected chi connectivity index (χ4v) is 2.83. The number of ether oxygens (including phenoxy) is 1. The Balaban J connectivity index is 2.05. The first-order valence-electron chi connectivity index (χ1n) is 7.62. The van der Waals surface area contributed by atoms with Gasteiger partial charge in [-0.2, -0.15) is 0 Å². The van der Waals surface area contributed by atoms with Gasteiger partial charge in [0.1, 0.15) is 12.4 Å². The molecule has 0 saturated heterocycles. The van der Waals surface area contributed by atoms with Gasteiger partial charge in [-0.1, -0.05) is 46.6 Å². The maximum atomic E-state index is 9.29. The van der Waals surface area contributed by atoms with Crippen molar-refractivity contribution in [1.82, 2.24) is 5.32 Å². The van der Waals surface area contributed by atoms with Gasteiger partial charge in [-0.15, -0.1) is 0 Å². The van der Waals surface area contributed by atoms with Crippen LogP contribution in [0, 0.1) is 0 Å². The summed E-state index contributed by atoms with van der Waals surface area (Å²) >= 11 is 9.49. The molecule has 2 aromatic carbocycles. The topological polar surface area (TPSA) is 41.5 Å². The number of aliphatic hydroxyl groups excluding tert-OH is 1. The van der Waals surface area contributed by atoms with E-state index in [9.17, 15) is 5.11 Å². The summed E-state index contributed by atoms with van der Waals surface area (Å²) in [6.45, 7) is 3.28. The van der Waals surface area contributed by atoms with Crippen LogP contribution in [0.5, 0.6) is 5.75 Å². The molecule has 2 N–H and O–H groups in total. The molecule has 1 unspecified atom stereocenters. The van der Waals surface area contributed by atoms with Crippen LogP contribution in [-0.4, -0.2) is 17.8 Å². The largest absolute Gasteiger partial charge is 0.489 e. The zero-order chi connectivity index (χ0) is 16.7. The Morgan fingerprint density at radius 1 is 1.26 bits per heavy atom. The maximum Gasteiger partial charge on any atom is 0.124 e. The molecule has 2 aromatic rings. The Morgan fingerprint density at radius 3 is 2.78 bits per heavy atom. The SMILES string of the molecule is CCC(CO)NCc1cc(Br)ccc1OCc1cccc(Cl)c1. The smallest absolute Gasteiger partial charge is 0.124 e. The van der Waals surface area contributed by atoms with Gasteiger partial charge in [0.15, 0.2) is 0 Å². The number of aliphatic hydroxyl groups is 1. The van der Waals surface area contributed by atoms with Gasteiger partial charge in [0.2, 0.25) is 0 Å². The Labute approximate surface area is 150 Å². The summed E-state index contributed by atoms with van der Waals surface area (Å²) in [4.78, 5) is 0. The molecule has 1 atom stereocenters. The molecule has 0 aromatic heterocycles. The van der Waals surface area contributed by atoms with Crippen LogP contribution < -0.4 is 10.1 Å². The summed E-state index contributed by atoms with van der Waals surface area (Å²) in [5, 5.41) is 13.3. The third kappa shape index (κ3) is 5.81. The second-order valence-corrected chi connectivity index (χ2v) is 6.69. The molecule has 0 fully saturated rings. The number of hydrogen-bond acceptors (Lipinski definition) is 3. The summed E-state index contributed by atoms with van der Waals surface area (Å²) in [6, 6.07) is 13.7. The molecule has 124 valence electrons. The van der Waals surface area contributed by atoms with Gasteiger partial charge in [-0.05, 0) is 42.3 Å². The first-order chi connectivity index (χ1) is 11.1. The number of rotatable bonds is 8. The predicted molar refractivity (Wildman–Crippen MR) is 97.9 cm³/mol. The van der Waals surface area contributed by atoms with Crippen LogP contribution in [-0.2, 0) is 13.2 Å². The van der Waals surface area contributed by atoms with Crippen LogP contribution in [0.3, 0.4) is 0 Å². The van der Waals surface area contributed by atoms with E-state index in [1.54, 1.807) is 0 Å². The summed E-state index contributed by atoms with van der Waals surface area (Å²) in [5.74, 6) is 0.827. The molecule has 0 spiro atoms. The summed E-state index contributed by atoms with van der Waals surface area (Å²) < 4.78 is 6.95. The molecule has 0 radical (unpaired) electrons. The molecule has 0 bridgehead atoms. The monoisotopic (exact) mass is 397 g/mol. The van der Waals surface area contributed by atoms with Crippen LogP contribution in [0.25, 0.3) is 0 Å². The third-order valence-corrected chi connectivity index (χ3v) is 4.33. The van der Waals surface area contributed by atoms with E-state index < -0.39 is 0 Å². The zero-order valence-electron chi connectivity index (χ0n) is 13.1. The number of halogens is 2. The summed E-state index contributed by atoms with van der Waals surface area (Å²) in [6.07, 6.45) is 0.878. The van der Waals surface area contributed by atoms with E-state index in [0.717, 1.165) is 27.8 Å². The van der Waals surface area contributed by atoms with Gasteiger partial charge in [0, 0.05) is 27.6 Å². The number of benzene rings is 2. The lowest BCUT2D eigenvalue weighted by atomic mass is 10.1. The highest BCUT2D eigenvalue weighted by atomic mass is 79.9. The van der Waals surface area contributed by atoms with Crippen molar-refractivity contribution in [3.63, 3.8) is 0 Å². The summed E-state index contributed by atoms with van der Waals surface area (Å²) in [5.41, 5.74) is 2.08. The predicted octanol–water partition coefficient (Wildman–Crippen LogP) is 4.54. The second kappa shape index (κ2) is 9.28. The zero-order valence-corrected chi connectivity index (χ0v) is 15.4. The molecule has 3 nitrogen and oxygen atoms in total. The van der Waals surface area contributed by atoms with E-state index in [4.69, 9.17) is 16.3 Å². The van der Waals surface area contributed by atoms with Gasteiger partial charge in [-0.3, -0.25) is 0 Å². The first-order valence-corrected chi connectivity index (χ1v) is 8.79. The van der Waals surface area contributed by atoms with Crippen LogP contribution in [0.1, 0.15) is 24.5 Å². The van der Waals surface area contributed by atoms with E-state index in [0.29, 0.717) is 18.2 Å². The lowest BCUT2D eigenvalue weighted by molar-refractivity contribution is 0.237. The van der Waals surface area contributed by atoms with Crippen LogP contribution >= 0.6 is 27.5 Å². The minimum Gasteiger partial charge on any atom is -0.489 e. The second-order valence-electron chi connectivity index (χ2n) is 5.34. The highest BCUT2D eigenvalue weighted by Crippen LogP contribution is 2.24. The molecule has 5 heteroatoms. The van der Waals surface area contributed by atoms with Crippen LogP contribution in [0.2, 0.25) is 5.02 Å². The van der Waals surface area contributed by atoms with Crippen molar-refractivity contribution >= 4 is 27.5 Å². The van der Waals surface area contributed by atoms with Gasteiger partial charge in [-0.25, -0.2) is 0 Å². The minimum absolute atomic E-state index is 0.0924. The van der Waals surface area contributed by atoms with Crippen molar-refractivity contribution in [2.45, 2.75) is 32.5 Å². The molecule has 0 aliphatic rings. The molecule has 2 rings (SSSR count). The molecule has 0 aliphatic heterocycles. The van der Waals surface area contributed by atoms with Crippen LogP contribution in [0.4, 0.5) is 0 Å². The van der Waals surface area contributed by atoms with E-state index in [2.05, 4.69) is 21.2 Å². The molecule has 0 amide bonds. The lowest BCUT2D eigenvalue weighted by Gasteiger charge is -2.17. The normalized spacial score (nSPS) is 12.2. The number of hydrogen-bond donors (Lipinski definition) is 2. The fourth-order valence-electron chi connectivity index (χ4n) is 2.21. The highest BCUT2D eigenvalue weighted by molar-refractivity contribution is 9.10. The van der Waals surface area contributed by atoms with Gasteiger partial charge in [0.05, 0.1) is 6.61 Å². The Kier molecular flexibility index (Phi) is 7.37. The average Bonchev–Trinajstić information content (AvgIpc) is 2.55. The van der Waals surface area contributed by atoms with Crippen molar-refractivity contribution < 1.29 is 9.84 Å². The van der Waals surface area contributed by atoms with Crippen LogP contribution in [0.15, 0.2) is 46.9 Å². The van der Waals surface area contributed by atoms with E-state index in [1.165, 1.54) is 0 Å². The van der Waals surface area contributed by atoms with Gasteiger partial charge >= 0.3 is 0 Å². The fraction of sp³-hybridized carbons (Fsp3) is 0.333. The Bertz CT molecular complexity index is 632. The van der Waals surface area contributed by atoms with Crippen molar-refractivity contribution in [3.8, 4) is 5.75 Å². The average molecular weight is 399 g/mol. The van der Waals surface area contributed by atoms with Gasteiger partial charge in [0.25, 0.3) is 0 Å². The molecule has 23 heavy (non-hydrogen) atoms. The Morgan fingerprint density at radius 2 is 2.09 bits per heavy atom. The number of nitrogens with one attached hydrogen (secondary N) is 1. The molecular weight excluding hydrogens is 378 g/mol. The van der Waals surface area contributed by atoms with E-state index >= 15 is 0 Å². The van der Waals surface area contributed by atoms with Crippen molar-refractivity contribution in [3.05, 3.63) is 63.1 Å². The lowest BCUT2D eigenvalue weighted by Crippen LogP contribution is -2.31. The molecular formula is C18H21BrClNO2. The third-order valence-electron chi connectivity index (χ3n) is 3.60.